The Morgan fingerprint density at radius 3 is 2.88 bits per heavy atom. The highest BCUT2D eigenvalue weighted by molar-refractivity contribution is 5.97. The molecule has 88 valence electrons. The normalized spacial score (nSPS) is 37.8. The second kappa shape index (κ2) is 3.87. The zero-order chi connectivity index (χ0) is 11.9. The zero-order valence-electron chi connectivity index (χ0n) is 10.7. The van der Waals surface area contributed by atoms with Crippen molar-refractivity contribution in [1.82, 2.24) is 0 Å². The number of hydrogen-bond donors (Lipinski definition) is 0. The van der Waals surface area contributed by atoms with Crippen LogP contribution < -0.4 is 0 Å². The molecule has 0 saturated heterocycles. The van der Waals surface area contributed by atoms with Gasteiger partial charge in [-0.15, -0.1) is 0 Å². The third kappa shape index (κ3) is 1.49. The molecule has 0 aliphatic heterocycles. The van der Waals surface area contributed by atoms with Gasteiger partial charge in [0.2, 0.25) is 0 Å². The van der Waals surface area contributed by atoms with Gasteiger partial charge in [0.15, 0.2) is 5.78 Å². The molecule has 0 bridgehead atoms. The maximum Gasteiger partial charge on any atom is 0.162 e. The number of ketones is 1. The monoisotopic (exact) mass is 218 g/mol. The van der Waals surface area contributed by atoms with E-state index < -0.39 is 0 Å². The van der Waals surface area contributed by atoms with Crippen molar-refractivity contribution in [3.8, 4) is 0 Å². The Labute approximate surface area is 98.6 Å². The maximum atomic E-state index is 12.2. The van der Waals surface area contributed by atoms with Crippen molar-refractivity contribution >= 4 is 5.78 Å². The minimum absolute atomic E-state index is 0.119. The maximum absolute atomic E-state index is 12.2. The van der Waals surface area contributed by atoms with Gasteiger partial charge < -0.3 is 0 Å². The summed E-state index contributed by atoms with van der Waals surface area (Å²) < 4.78 is 0. The van der Waals surface area contributed by atoms with Crippen LogP contribution in [0.5, 0.6) is 0 Å². The van der Waals surface area contributed by atoms with Crippen LogP contribution in [0.1, 0.15) is 46.5 Å². The Kier molecular flexibility index (Phi) is 2.81. The number of hydrogen-bond acceptors (Lipinski definition) is 1. The van der Waals surface area contributed by atoms with E-state index >= 15 is 0 Å². The SMILES string of the molecule is C=C(C)C(=O)[C@@H]1CC=C2CCC[C@@H](C)[C@@]21C. The third-order valence-electron chi connectivity index (χ3n) is 4.86. The average Bonchev–Trinajstić information content (AvgIpc) is 2.57. The van der Waals surface area contributed by atoms with Crippen LogP contribution >= 0.6 is 0 Å². The molecule has 0 N–H and O–H groups in total. The summed E-state index contributed by atoms with van der Waals surface area (Å²) in [6.07, 6.45) is 6.99. The van der Waals surface area contributed by atoms with Crippen molar-refractivity contribution in [2.75, 3.05) is 0 Å². The summed E-state index contributed by atoms with van der Waals surface area (Å²) in [6.45, 7) is 10.3. The lowest BCUT2D eigenvalue weighted by molar-refractivity contribution is -0.122. The number of carbonyl (C=O) groups is 1. The van der Waals surface area contributed by atoms with Crippen LogP contribution in [0.15, 0.2) is 23.8 Å². The van der Waals surface area contributed by atoms with Gasteiger partial charge in [-0.3, -0.25) is 4.79 Å². The first kappa shape index (κ1) is 11.6. The first-order valence-electron chi connectivity index (χ1n) is 6.37. The fourth-order valence-corrected chi connectivity index (χ4v) is 3.56. The van der Waals surface area contributed by atoms with Crippen LogP contribution in [-0.2, 0) is 4.79 Å². The second-order valence-corrected chi connectivity index (χ2v) is 5.74. The van der Waals surface area contributed by atoms with Gasteiger partial charge in [-0.05, 0) is 44.1 Å². The lowest BCUT2D eigenvalue weighted by Gasteiger charge is -2.43. The molecule has 1 fully saturated rings. The van der Waals surface area contributed by atoms with E-state index in [4.69, 9.17) is 0 Å². The number of carbonyl (C=O) groups excluding carboxylic acids is 1. The highest BCUT2D eigenvalue weighted by Crippen LogP contribution is 2.55. The average molecular weight is 218 g/mol. The van der Waals surface area contributed by atoms with Gasteiger partial charge in [0.1, 0.15) is 0 Å². The van der Waals surface area contributed by atoms with Gasteiger partial charge in [-0.1, -0.05) is 32.1 Å². The molecule has 2 aliphatic carbocycles. The minimum Gasteiger partial charge on any atom is -0.294 e. The number of fused-ring (bicyclic) bond motifs is 1. The van der Waals surface area contributed by atoms with E-state index in [1.54, 1.807) is 0 Å². The van der Waals surface area contributed by atoms with Gasteiger partial charge in [0, 0.05) is 11.3 Å². The standard InChI is InChI=1S/C15H22O/c1-10(2)14(16)13-9-8-12-7-5-6-11(3)15(12,13)4/h8,11,13H,1,5-7,9H2,2-4H3/t11-,13+,15+/m1/s1. The summed E-state index contributed by atoms with van der Waals surface area (Å²) in [7, 11) is 0. The number of Topliss-reactive ketones (excluding diaryl/α,β-unsaturated/α-hetero) is 1. The van der Waals surface area contributed by atoms with Crippen molar-refractivity contribution in [2.24, 2.45) is 17.3 Å². The molecule has 0 unspecified atom stereocenters. The Bertz CT molecular complexity index is 364. The summed E-state index contributed by atoms with van der Waals surface area (Å²) in [6, 6.07) is 0. The Morgan fingerprint density at radius 1 is 1.56 bits per heavy atom. The van der Waals surface area contributed by atoms with Crippen LogP contribution in [-0.4, -0.2) is 5.78 Å². The fraction of sp³-hybridized carbons (Fsp3) is 0.667. The van der Waals surface area contributed by atoms with Gasteiger partial charge in [0.05, 0.1) is 0 Å². The van der Waals surface area contributed by atoms with Gasteiger partial charge in [0.25, 0.3) is 0 Å². The third-order valence-corrected chi connectivity index (χ3v) is 4.86. The molecule has 1 saturated carbocycles. The van der Waals surface area contributed by atoms with E-state index in [1.807, 2.05) is 6.92 Å². The summed E-state index contributed by atoms with van der Waals surface area (Å²) in [5.41, 5.74) is 2.37. The van der Waals surface area contributed by atoms with Crippen LogP contribution in [0.2, 0.25) is 0 Å². The quantitative estimate of drug-likeness (QED) is 0.507. The summed E-state index contributed by atoms with van der Waals surface area (Å²) >= 11 is 0. The topological polar surface area (TPSA) is 17.1 Å². The largest absolute Gasteiger partial charge is 0.294 e. The Hall–Kier alpha value is -0.850. The highest BCUT2D eigenvalue weighted by Gasteiger charge is 2.49. The first-order valence-corrected chi connectivity index (χ1v) is 6.37. The van der Waals surface area contributed by atoms with Crippen molar-refractivity contribution < 1.29 is 4.79 Å². The number of rotatable bonds is 2. The van der Waals surface area contributed by atoms with Gasteiger partial charge in [-0.2, -0.15) is 0 Å². The molecule has 1 nitrogen and oxygen atoms in total. The lowest BCUT2D eigenvalue weighted by Crippen LogP contribution is -2.39. The van der Waals surface area contributed by atoms with Crippen molar-refractivity contribution in [3.05, 3.63) is 23.8 Å². The molecule has 1 heteroatoms. The predicted octanol–water partition coefficient (Wildman–Crippen LogP) is 3.90. The Balaban J connectivity index is 2.32. The van der Waals surface area contributed by atoms with E-state index in [2.05, 4.69) is 26.5 Å². The van der Waals surface area contributed by atoms with E-state index in [0.29, 0.717) is 5.92 Å². The Morgan fingerprint density at radius 2 is 2.25 bits per heavy atom. The van der Waals surface area contributed by atoms with Crippen LogP contribution in [0.3, 0.4) is 0 Å². The molecule has 0 heterocycles. The molecular weight excluding hydrogens is 196 g/mol. The molecule has 3 atom stereocenters. The molecule has 0 amide bonds. The molecule has 0 spiro atoms. The van der Waals surface area contributed by atoms with E-state index in [1.165, 1.54) is 24.8 Å². The van der Waals surface area contributed by atoms with Crippen molar-refractivity contribution in [2.45, 2.75) is 46.5 Å². The van der Waals surface area contributed by atoms with E-state index in [-0.39, 0.29) is 17.1 Å². The fourth-order valence-electron chi connectivity index (χ4n) is 3.56. The smallest absolute Gasteiger partial charge is 0.162 e. The minimum atomic E-state index is 0.119. The van der Waals surface area contributed by atoms with Gasteiger partial charge in [-0.25, -0.2) is 0 Å². The molecule has 0 aromatic heterocycles. The molecule has 0 aromatic rings. The van der Waals surface area contributed by atoms with Crippen LogP contribution in [0.4, 0.5) is 0 Å². The van der Waals surface area contributed by atoms with Crippen LogP contribution in [0, 0.1) is 17.3 Å². The summed E-state index contributed by atoms with van der Waals surface area (Å²) in [5.74, 6) is 1.07. The van der Waals surface area contributed by atoms with E-state index in [0.717, 1.165) is 12.0 Å². The molecule has 2 rings (SSSR count). The molecule has 0 radical (unpaired) electrons. The van der Waals surface area contributed by atoms with Crippen LogP contribution in [0.25, 0.3) is 0 Å². The predicted molar refractivity (Wildman–Crippen MR) is 67.1 cm³/mol. The first-order chi connectivity index (χ1) is 7.48. The lowest BCUT2D eigenvalue weighted by atomic mass is 9.60. The van der Waals surface area contributed by atoms with E-state index in [9.17, 15) is 4.79 Å². The molecule has 16 heavy (non-hydrogen) atoms. The number of allylic oxidation sites excluding steroid dienone is 3. The molecular formula is C15H22O. The molecule has 2 aliphatic rings. The summed E-state index contributed by atoms with van der Waals surface area (Å²) in [4.78, 5) is 12.2. The highest BCUT2D eigenvalue weighted by atomic mass is 16.1. The van der Waals surface area contributed by atoms with Crippen molar-refractivity contribution in [1.29, 1.82) is 0 Å². The van der Waals surface area contributed by atoms with Crippen molar-refractivity contribution in [3.63, 3.8) is 0 Å². The van der Waals surface area contributed by atoms with Gasteiger partial charge >= 0.3 is 0 Å². The second-order valence-electron chi connectivity index (χ2n) is 5.74. The molecule has 0 aromatic carbocycles. The zero-order valence-corrected chi connectivity index (χ0v) is 10.7. The summed E-state index contributed by atoms with van der Waals surface area (Å²) in [5, 5.41) is 0.